The van der Waals surface area contributed by atoms with E-state index in [2.05, 4.69) is 37.0 Å². The van der Waals surface area contributed by atoms with Gasteiger partial charge in [-0.2, -0.15) is 10.2 Å². The summed E-state index contributed by atoms with van der Waals surface area (Å²) < 4.78 is 0.534. The number of carbonyl (C=O) groups excluding carboxylic acids is 2. The van der Waals surface area contributed by atoms with E-state index in [1.165, 1.54) is 73.1 Å². The van der Waals surface area contributed by atoms with Crippen LogP contribution in [0.4, 0.5) is 11.4 Å². The van der Waals surface area contributed by atoms with Crippen molar-refractivity contribution in [3.63, 3.8) is 0 Å². The fourth-order valence-corrected chi connectivity index (χ4v) is 3.25. The number of non-ortho nitro benzene ring substituents is 2. The Morgan fingerprint density at radius 3 is 1.47 bits per heavy atom. The summed E-state index contributed by atoms with van der Waals surface area (Å²) in [5.41, 5.74) is 4.88. The molecule has 0 fully saturated rings. The molecule has 3 aromatic rings. The lowest BCUT2D eigenvalue weighted by Gasteiger charge is -2.05. The van der Waals surface area contributed by atoms with Gasteiger partial charge in [-0.3, -0.25) is 29.8 Å². The number of nitrogens with zero attached hydrogens (tertiary/aromatic N) is 4. The van der Waals surface area contributed by atoms with E-state index in [9.17, 15) is 34.9 Å². The third-order valence-electron chi connectivity index (χ3n) is 4.55. The number of nitrogens with one attached hydrogen (secondary N) is 2. The third kappa shape index (κ3) is 6.54. The number of amides is 2. The Morgan fingerprint density at radius 2 is 1.14 bits per heavy atom. The minimum Gasteiger partial charge on any atom is -0.507 e. The van der Waals surface area contributed by atoms with E-state index >= 15 is 0 Å². The molecule has 0 saturated heterocycles. The quantitative estimate of drug-likeness (QED) is 0.215. The zero-order chi connectivity index (χ0) is 26.2. The van der Waals surface area contributed by atoms with Crippen LogP contribution in [-0.4, -0.2) is 39.2 Å². The average Bonchev–Trinajstić information content (AvgIpc) is 2.86. The standard InChI is InChI=1S/C22H15BrN6O7/c23-17-9-15(11-24-26-21(31)13-1-5-18(6-2-13)28(33)34)20(30)16(10-17)12-25-27-22(32)14-3-7-19(8-4-14)29(35)36/h1-12,30H,(H,26,31)(H,27,32)/b24-11-,25-12-. The van der Waals surface area contributed by atoms with Crippen molar-refractivity contribution in [3.8, 4) is 5.75 Å². The van der Waals surface area contributed by atoms with Crippen molar-refractivity contribution in [2.75, 3.05) is 0 Å². The Balaban J connectivity index is 1.66. The van der Waals surface area contributed by atoms with Gasteiger partial charge >= 0.3 is 0 Å². The summed E-state index contributed by atoms with van der Waals surface area (Å²) >= 11 is 3.28. The van der Waals surface area contributed by atoms with Crippen LogP contribution in [0.3, 0.4) is 0 Å². The molecule has 0 spiro atoms. The fourth-order valence-electron chi connectivity index (χ4n) is 2.76. The molecule has 0 atom stereocenters. The molecule has 3 rings (SSSR count). The third-order valence-corrected chi connectivity index (χ3v) is 5.01. The van der Waals surface area contributed by atoms with Crippen LogP contribution in [0.15, 0.2) is 75.3 Å². The lowest BCUT2D eigenvalue weighted by molar-refractivity contribution is -0.385. The van der Waals surface area contributed by atoms with E-state index in [4.69, 9.17) is 0 Å². The maximum Gasteiger partial charge on any atom is 0.271 e. The average molecular weight is 555 g/mol. The highest BCUT2D eigenvalue weighted by Gasteiger charge is 2.11. The van der Waals surface area contributed by atoms with Gasteiger partial charge in [-0.05, 0) is 36.4 Å². The Labute approximate surface area is 210 Å². The van der Waals surface area contributed by atoms with E-state index in [0.29, 0.717) is 4.47 Å². The van der Waals surface area contributed by atoms with Crippen LogP contribution in [0, 0.1) is 20.2 Å². The summed E-state index contributed by atoms with van der Waals surface area (Å²) in [5.74, 6) is -1.49. The van der Waals surface area contributed by atoms with Gasteiger partial charge in [-0.1, -0.05) is 15.9 Å². The molecule has 0 radical (unpaired) electrons. The number of benzene rings is 3. The summed E-state index contributed by atoms with van der Waals surface area (Å²) in [6.07, 6.45) is 2.35. The van der Waals surface area contributed by atoms with Gasteiger partial charge in [-0.25, -0.2) is 10.9 Å². The first kappa shape index (κ1) is 25.6. The second-order valence-electron chi connectivity index (χ2n) is 6.94. The van der Waals surface area contributed by atoms with Gasteiger partial charge < -0.3 is 5.11 Å². The molecule has 3 aromatic carbocycles. The number of hydrogen-bond acceptors (Lipinski definition) is 9. The molecule has 2 amide bonds. The van der Waals surface area contributed by atoms with Gasteiger partial charge in [0, 0.05) is 51.0 Å². The number of carbonyl (C=O) groups is 2. The molecule has 14 heteroatoms. The Hall–Kier alpha value is -4.98. The maximum absolute atomic E-state index is 12.1. The van der Waals surface area contributed by atoms with Crippen LogP contribution in [0.5, 0.6) is 5.75 Å². The van der Waals surface area contributed by atoms with Crippen molar-refractivity contribution < 1.29 is 24.5 Å². The number of phenols is 1. The van der Waals surface area contributed by atoms with Gasteiger partial charge in [0.1, 0.15) is 5.75 Å². The van der Waals surface area contributed by atoms with Crippen molar-refractivity contribution in [2.45, 2.75) is 0 Å². The largest absolute Gasteiger partial charge is 0.507 e. The van der Waals surface area contributed by atoms with Crippen molar-refractivity contribution >= 4 is 51.5 Å². The minimum absolute atomic E-state index is 0.146. The highest BCUT2D eigenvalue weighted by atomic mass is 79.9. The fraction of sp³-hybridized carbons (Fsp3) is 0. The molecule has 0 unspecified atom stereocenters. The second kappa shape index (κ2) is 11.4. The van der Waals surface area contributed by atoms with Gasteiger partial charge in [0.05, 0.1) is 22.3 Å². The predicted molar refractivity (Wildman–Crippen MR) is 132 cm³/mol. The Kier molecular flexibility index (Phi) is 8.14. The van der Waals surface area contributed by atoms with E-state index in [0.717, 1.165) is 0 Å². The van der Waals surface area contributed by atoms with E-state index in [1.54, 1.807) is 0 Å². The zero-order valence-electron chi connectivity index (χ0n) is 18.0. The Bertz CT molecular complexity index is 1290. The first-order valence-electron chi connectivity index (χ1n) is 9.84. The first-order valence-corrected chi connectivity index (χ1v) is 10.6. The molecule has 0 aromatic heterocycles. The number of nitro groups is 2. The number of halogens is 1. The van der Waals surface area contributed by atoms with Crippen LogP contribution >= 0.6 is 15.9 Å². The number of nitro benzene ring substituents is 2. The van der Waals surface area contributed by atoms with Crippen LogP contribution in [0.25, 0.3) is 0 Å². The number of rotatable bonds is 8. The van der Waals surface area contributed by atoms with E-state index < -0.39 is 21.7 Å². The normalized spacial score (nSPS) is 10.9. The van der Waals surface area contributed by atoms with Gasteiger partial charge in [0.25, 0.3) is 23.2 Å². The van der Waals surface area contributed by atoms with Gasteiger partial charge in [-0.15, -0.1) is 0 Å². The van der Waals surface area contributed by atoms with Crippen LogP contribution in [-0.2, 0) is 0 Å². The molecular formula is C22H15BrN6O7. The molecule has 0 aliphatic heterocycles. The van der Waals surface area contributed by atoms with Crippen molar-refractivity contribution in [2.24, 2.45) is 10.2 Å². The van der Waals surface area contributed by atoms with Crippen LogP contribution in [0.1, 0.15) is 31.8 Å². The first-order chi connectivity index (χ1) is 17.2. The highest BCUT2D eigenvalue weighted by Crippen LogP contribution is 2.25. The molecule has 36 heavy (non-hydrogen) atoms. The number of aromatic hydroxyl groups is 1. The minimum atomic E-state index is -0.619. The van der Waals surface area contributed by atoms with Gasteiger partial charge in [0.15, 0.2) is 0 Å². The summed E-state index contributed by atoms with van der Waals surface area (Å²) in [4.78, 5) is 44.5. The monoisotopic (exact) mass is 554 g/mol. The lowest BCUT2D eigenvalue weighted by atomic mass is 10.1. The molecule has 0 bridgehead atoms. The molecule has 182 valence electrons. The van der Waals surface area contributed by atoms with Crippen molar-refractivity contribution in [3.05, 3.63) is 108 Å². The highest BCUT2D eigenvalue weighted by molar-refractivity contribution is 9.10. The Morgan fingerprint density at radius 1 is 0.778 bits per heavy atom. The number of hydrazone groups is 2. The smallest absolute Gasteiger partial charge is 0.271 e. The molecule has 0 heterocycles. The SMILES string of the molecule is O=C(N/N=C\c1cc(Br)cc(/C=N\NC(=O)c2ccc([N+](=O)[O-])cc2)c1O)c1ccc([N+](=O)[O-])cc1. The topological polar surface area (TPSA) is 189 Å². The molecule has 0 aliphatic carbocycles. The summed E-state index contributed by atoms with van der Waals surface area (Å²) in [5, 5.41) is 39.5. The van der Waals surface area contributed by atoms with Crippen molar-refractivity contribution in [1.82, 2.24) is 10.9 Å². The zero-order valence-corrected chi connectivity index (χ0v) is 19.6. The number of hydrogen-bond donors (Lipinski definition) is 3. The molecule has 0 saturated carbocycles. The van der Waals surface area contributed by atoms with Crippen molar-refractivity contribution in [1.29, 1.82) is 0 Å². The summed E-state index contributed by atoms with van der Waals surface area (Å²) in [6.45, 7) is 0. The maximum atomic E-state index is 12.1. The summed E-state index contributed by atoms with van der Waals surface area (Å²) in [6, 6.07) is 12.9. The second-order valence-corrected chi connectivity index (χ2v) is 7.85. The van der Waals surface area contributed by atoms with Crippen LogP contribution < -0.4 is 10.9 Å². The number of phenolic OH excluding ortho intramolecular Hbond substituents is 1. The van der Waals surface area contributed by atoms with E-state index in [-0.39, 0.29) is 39.4 Å². The van der Waals surface area contributed by atoms with E-state index in [1.807, 2.05) is 0 Å². The molecule has 3 N–H and O–H groups in total. The lowest BCUT2D eigenvalue weighted by Crippen LogP contribution is -2.17. The van der Waals surface area contributed by atoms with Gasteiger partial charge in [0.2, 0.25) is 0 Å². The predicted octanol–water partition coefficient (Wildman–Crippen LogP) is 3.50. The molecule has 0 aliphatic rings. The molecule has 13 nitrogen and oxygen atoms in total. The van der Waals surface area contributed by atoms with Crippen LogP contribution in [0.2, 0.25) is 0 Å². The summed E-state index contributed by atoms with van der Waals surface area (Å²) in [7, 11) is 0. The molecular weight excluding hydrogens is 540 g/mol.